The largest absolute Gasteiger partial charge is 0.469 e. The number of rotatable bonds is 5. The molecule has 2 N–H and O–H groups in total. The van der Waals surface area contributed by atoms with Crippen LogP contribution in [-0.4, -0.2) is 52.2 Å². The van der Waals surface area contributed by atoms with Gasteiger partial charge < -0.3 is 20.1 Å². The number of likely N-dealkylation sites (tertiary alicyclic amines) is 1. The maximum Gasteiger partial charge on any atom is 0.420 e. The summed E-state index contributed by atoms with van der Waals surface area (Å²) >= 11 is 0. The minimum absolute atomic E-state index is 0.0245. The van der Waals surface area contributed by atoms with Crippen LogP contribution >= 0.6 is 0 Å². The van der Waals surface area contributed by atoms with Crippen LogP contribution in [0.3, 0.4) is 0 Å². The predicted octanol–water partition coefficient (Wildman–Crippen LogP) is 5.35. The molecule has 1 aromatic heterocycles. The highest BCUT2D eigenvalue weighted by molar-refractivity contribution is 5.73. The number of methoxy groups -OCH3 is 1. The average molecular weight is 557 g/mol. The molecule has 4 rings (SSSR count). The summed E-state index contributed by atoms with van der Waals surface area (Å²) in [6, 6.07) is 10.6. The number of benzene rings is 2. The van der Waals surface area contributed by atoms with Crippen LogP contribution in [0.2, 0.25) is 0 Å². The minimum atomic E-state index is -4.79. The smallest absolute Gasteiger partial charge is 0.420 e. The number of halogens is 4. The van der Waals surface area contributed by atoms with Crippen molar-refractivity contribution in [2.45, 2.75) is 31.4 Å². The molecule has 1 aliphatic rings. The lowest BCUT2D eigenvalue weighted by Crippen LogP contribution is -2.36. The van der Waals surface area contributed by atoms with Crippen LogP contribution in [0.25, 0.3) is 0 Å². The monoisotopic (exact) mass is 556 g/mol. The molecule has 2 heterocycles. The van der Waals surface area contributed by atoms with Gasteiger partial charge in [0.2, 0.25) is 5.95 Å². The first-order valence-electron chi connectivity index (χ1n) is 12.2. The number of carbonyl (C=O) groups is 2. The number of amides is 1. The molecule has 0 saturated carbocycles. The molecule has 0 bridgehead atoms. The van der Waals surface area contributed by atoms with Gasteiger partial charge in [-0.25, -0.2) is 19.2 Å². The number of carbonyl (C=O) groups excluding carboxylic acids is 1. The van der Waals surface area contributed by atoms with Crippen LogP contribution in [0, 0.1) is 17.7 Å². The van der Waals surface area contributed by atoms with Crippen molar-refractivity contribution in [3.05, 3.63) is 82.4 Å². The Hall–Kier alpha value is -4.66. The molecule has 1 aliphatic heterocycles. The second-order valence-electron chi connectivity index (χ2n) is 9.05. The molecule has 1 amide bonds. The molecule has 0 radical (unpaired) electrons. The molecular weight excluding hydrogens is 532 g/mol. The first-order valence-corrected chi connectivity index (χ1v) is 12.2. The van der Waals surface area contributed by atoms with Gasteiger partial charge in [0.15, 0.2) is 0 Å². The Morgan fingerprint density at radius 2 is 1.82 bits per heavy atom. The van der Waals surface area contributed by atoms with Gasteiger partial charge in [0.25, 0.3) is 0 Å². The Morgan fingerprint density at radius 1 is 1.12 bits per heavy atom. The zero-order valence-electron chi connectivity index (χ0n) is 21.3. The van der Waals surface area contributed by atoms with Crippen molar-refractivity contribution in [2.75, 3.05) is 25.5 Å². The summed E-state index contributed by atoms with van der Waals surface area (Å²) in [6.07, 6.45) is -3.97. The topological polar surface area (TPSA) is 105 Å². The molecule has 8 nitrogen and oxygen atoms in total. The Morgan fingerprint density at radius 3 is 2.45 bits per heavy atom. The van der Waals surface area contributed by atoms with Gasteiger partial charge in [0, 0.05) is 30.5 Å². The van der Waals surface area contributed by atoms with Gasteiger partial charge in [-0.05, 0) is 60.1 Å². The predicted molar refractivity (Wildman–Crippen MR) is 136 cm³/mol. The number of esters is 1. The summed E-state index contributed by atoms with van der Waals surface area (Å²) < 4.78 is 59.4. The van der Waals surface area contributed by atoms with Gasteiger partial charge in [-0.1, -0.05) is 24.1 Å². The number of hydrogen-bond acceptors (Lipinski definition) is 6. The zero-order valence-corrected chi connectivity index (χ0v) is 21.3. The number of nitrogens with zero attached hydrogens (tertiary/aromatic N) is 3. The van der Waals surface area contributed by atoms with E-state index < -0.39 is 35.3 Å². The normalized spacial score (nSPS) is 13.8. The third-order valence-corrected chi connectivity index (χ3v) is 6.45. The lowest BCUT2D eigenvalue weighted by Gasteiger charge is -2.30. The van der Waals surface area contributed by atoms with Crippen molar-refractivity contribution in [3.8, 4) is 11.8 Å². The molecule has 3 aromatic rings. The van der Waals surface area contributed by atoms with E-state index >= 15 is 0 Å². The number of hydrogen-bond donors (Lipinski definition) is 2. The second-order valence-corrected chi connectivity index (χ2v) is 9.05. The Labute approximate surface area is 227 Å². The van der Waals surface area contributed by atoms with Gasteiger partial charge >= 0.3 is 18.2 Å². The van der Waals surface area contributed by atoms with E-state index in [1.54, 1.807) is 12.1 Å². The number of anilines is 2. The van der Waals surface area contributed by atoms with E-state index in [9.17, 15) is 27.2 Å². The highest BCUT2D eigenvalue weighted by atomic mass is 19.4. The van der Waals surface area contributed by atoms with Crippen molar-refractivity contribution in [1.82, 2.24) is 14.9 Å². The van der Waals surface area contributed by atoms with Crippen molar-refractivity contribution in [1.29, 1.82) is 0 Å². The van der Waals surface area contributed by atoms with Crippen LogP contribution < -0.4 is 5.32 Å². The Balaban J connectivity index is 1.56. The zero-order chi connectivity index (χ0) is 28.9. The molecule has 12 heteroatoms. The van der Waals surface area contributed by atoms with Crippen molar-refractivity contribution in [3.63, 3.8) is 0 Å². The third kappa shape index (κ3) is 7.05. The molecule has 1 fully saturated rings. The van der Waals surface area contributed by atoms with Crippen LogP contribution in [0.1, 0.15) is 46.7 Å². The summed E-state index contributed by atoms with van der Waals surface area (Å²) in [7, 11) is 1.18. The maximum absolute atomic E-state index is 13.8. The first kappa shape index (κ1) is 28.4. The number of ether oxygens (including phenoxy) is 1. The van der Waals surface area contributed by atoms with Gasteiger partial charge in [0.05, 0.1) is 13.5 Å². The van der Waals surface area contributed by atoms with E-state index in [0.717, 1.165) is 17.7 Å². The summed E-state index contributed by atoms with van der Waals surface area (Å²) in [5, 5.41) is 12.0. The lowest BCUT2D eigenvalue weighted by molar-refractivity contribution is -0.140. The van der Waals surface area contributed by atoms with Crippen molar-refractivity contribution in [2.24, 2.45) is 0 Å². The molecule has 1 saturated heterocycles. The van der Waals surface area contributed by atoms with E-state index in [4.69, 9.17) is 5.11 Å². The Kier molecular flexibility index (Phi) is 8.52. The molecule has 0 unspecified atom stereocenters. The molecule has 2 aromatic carbocycles. The van der Waals surface area contributed by atoms with E-state index in [0.29, 0.717) is 37.8 Å². The van der Waals surface area contributed by atoms with E-state index in [1.807, 2.05) is 12.1 Å². The second kappa shape index (κ2) is 12.0. The van der Waals surface area contributed by atoms with Crippen LogP contribution in [-0.2, 0) is 22.1 Å². The highest BCUT2D eigenvalue weighted by Gasteiger charge is 2.35. The number of aromatic nitrogens is 2. The summed E-state index contributed by atoms with van der Waals surface area (Å²) in [5.41, 5.74) is 0.0655. The van der Waals surface area contributed by atoms with Crippen LogP contribution in [0.15, 0.2) is 48.7 Å². The van der Waals surface area contributed by atoms with Crippen molar-refractivity contribution >= 4 is 23.7 Å². The summed E-state index contributed by atoms with van der Waals surface area (Å²) in [4.78, 5) is 31.9. The van der Waals surface area contributed by atoms with Gasteiger partial charge in [-0.2, -0.15) is 13.2 Å². The summed E-state index contributed by atoms with van der Waals surface area (Å²) in [6.45, 7) is 0.895. The lowest BCUT2D eigenvalue weighted by atomic mass is 9.89. The number of nitrogens with one attached hydrogen (secondary N) is 1. The quantitative estimate of drug-likeness (QED) is 0.248. The molecular formula is C28H24F4N4O4. The molecule has 40 heavy (non-hydrogen) atoms. The standard InChI is InChI=1S/C28H24F4N4O4/c1-40-25(37)15-20-2-6-21(29)14-19(20)5-9-24-23(28(30,31)32)16-33-26(35-24)34-22-7-3-17(4-8-22)18-10-12-36(13-11-18)27(38)39/h2-4,6-8,14,16,18H,10-13,15H2,1H3,(H,38,39)(H,33,34,35). The van der Waals surface area contributed by atoms with Gasteiger partial charge in [-0.15, -0.1) is 0 Å². The van der Waals surface area contributed by atoms with E-state index in [2.05, 4.69) is 31.9 Å². The maximum atomic E-state index is 13.8. The van der Waals surface area contributed by atoms with Crippen LogP contribution in [0.5, 0.6) is 0 Å². The first-order chi connectivity index (χ1) is 19.0. The van der Waals surface area contributed by atoms with Crippen molar-refractivity contribution < 1.29 is 37.0 Å². The third-order valence-electron chi connectivity index (χ3n) is 6.45. The summed E-state index contributed by atoms with van der Waals surface area (Å²) in [5.74, 6) is 3.64. The highest BCUT2D eigenvalue weighted by Crippen LogP contribution is 2.32. The fraction of sp³-hybridized carbons (Fsp3) is 0.286. The van der Waals surface area contributed by atoms with Gasteiger partial charge in [-0.3, -0.25) is 4.79 Å². The molecule has 0 atom stereocenters. The molecule has 208 valence electrons. The number of piperidine rings is 1. The van der Waals surface area contributed by atoms with E-state index in [-0.39, 0.29) is 29.4 Å². The minimum Gasteiger partial charge on any atom is -0.469 e. The SMILES string of the molecule is COC(=O)Cc1ccc(F)cc1C#Cc1nc(Nc2ccc(C3CCN(C(=O)O)CC3)cc2)ncc1C(F)(F)F. The fourth-order valence-electron chi connectivity index (χ4n) is 4.29. The van der Waals surface area contributed by atoms with E-state index in [1.165, 1.54) is 18.1 Å². The fourth-order valence-corrected chi connectivity index (χ4v) is 4.29. The number of alkyl halides is 3. The average Bonchev–Trinajstić information content (AvgIpc) is 2.93. The Bertz CT molecular complexity index is 1460. The molecule has 0 spiro atoms. The van der Waals surface area contributed by atoms with Crippen LogP contribution in [0.4, 0.5) is 34.0 Å². The van der Waals surface area contributed by atoms with Gasteiger partial charge in [0.1, 0.15) is 17.1 Å². The number of carboxylic acid groups (broad SMARTS) is 1. The molecule has 0 aliphatic carbocycles.